The van der Waals surface area contributed by atoms with Gasteiger partial charge in [-0.2, -0.15) is 13.2 Å². The molecule has 1 aliphatic carbocycles. The second kappa shape index (κ2) is 6.22. The number of alkyl halides is 3. The molecule has 0 heterocycles. The molecule has 0 spiro atoms. The Bertz CT molecular complexity index is 652. The van der Waals surface area contributed by atoms with Crippen LogP contribution >= 0.6 is 0 Å². The van der Waals surface area contributed by atoms with E-state index in [4.69, 9.17) is 4.74 Å². The summed E-state index contributed by atoms with van der Waals surface area (Å²) >= 11 is 0. The average molecular weight is 342 g/mol. The van der Waals surface area contributed by atoms with Crippen LogP contribution in [-0.4, -0.2) is 24.3 Å². The average Bonchev–Trinajstić information content (AvgIpc) is 2.43. The van der Waals surface area contributed by atoms with Crippen molar-refractivity contribution in [1.29, 1.82) is 0 Å². The molecule has 1 aromatic carbocycles. The molecule has 1 aliphatic rings. The Morgan fingerprint density at radius 1 is 1.17 bits per heavy atom. The summed E-state index contributed by atoms with van der Waals surface area (Å²) < 4.78 is 41.6. The van der Waals surface area contributed by atoms with E-state index in [1.807, 2.05) is 13.8 Å². The van der Waals surface area contributed by atoms with E-state index in [2.05, 4.69) is 0 Å². The summed E-state index contributed by atoms with van der Waals surface area (Å²) in [5.41, 5.74) is 1.20. The van der Waals surface area contributed by atoms with Gasteiger partial charge in [0, 0.05) is 11.8 Å². The number of Topliss-reactive ketones (excluding diaryl/α,β-unsaturated/α-hetero) is 2. The Morgan fingerprint density at radius 2 is 1.71 bits per heavy atom. The summed E-state index contributed by atoms with van der Waals surface area (Å²) in [4.78, 5) is 25.0. The highest BCUT2D eigenvalue weighted by atomic mass is 19.4. The fourth-order valence-electron chi connectivity index (χ4n) is 3.17. The van der Waals surface area contributed by atoms with Gasteiger partial charge in [0.25, 0.3) is 0 Å². The maximum atomic E-state index is 12.7. The maximum Gasteiger partial charge on any atom is 0.422 e. The highest BCUT2D eigenvalue weighted by Gasteiger charge is 2.44. The van der Waals surface area contributed by atoms with E-state index in [-0.39, 0.29) is 17.3 Å². The first-order chi connectivity index (χ1) is 10.9. The zero-order chi connectivity index (χ0) is 18.3. The van der Waals surface area contributed by atoms with Gasteiger partial charge < -0.3 is 4.74 Å². The van der Waals surface area contributed by atoms with Crippen LogP contribution in [-0.2, 0) is 9.59 Å². The normalized spacial score (nSPS) is 21.0. The summed E-state index contributed by atoms with van der Waals surface area (Å²) in [5.74, 6) is -1.02. The minimum atomic E-state index is -4.42. The minimum Gasteiger partial charge on any atom is -0.484 e. The van der Waals surface area contributed by atoms with Gasteiger partial charge in [-0.3, -0.25) is 9.59 Å². The van der Waals surface area contributed by atoms with Gasteiger partial charge in [-0.15, -0.1) is 0 Å². The molecule has 2 rings (SSSR count). The monoisotopic (exact) mass is 342 g/mol. The smallest absolute Gasteiger partial charge is 0.422 e. The summed E-state index contributed by atoms with van der Waals surface area (Å²) in [6.45, 7) is 5.63. The van der Waals surface area contributed by atoms with E-state index in [1.54, 1.807) is 13.8 Å². The number of hydrogen-bond acceptors (Lipinski definition) is 3. The molecule has 1 unspecified atom stereocenters. The molecule has 1 fully saturated rings. The van der Waals surface area contributed by atoms with Crippen LogP contribution in [0.25, 0.3) is 0 Å². The van der Waals surface area contributed by atoms with Crippen molar-refractivity contribution in [3.63, 3.8) is 0 Å². The van der Waals surface area contributed by atoms with Crippen molar-refractivity contribution in [3.8, 4) is 5.75 Å². The van der Waals surface area contributed by atoms with E-state index in [9.17, 15) is 22.8 Å². The Morgan fingerprint density at radius 3 is 2.21 bits per heavy atom. The Hall–Kier alpha value is -1.85. The van der Waals surface area contributed by atoms with Gasteiger partial charge in [-0.1, -0.05) is 13.8 Å². The standard InChI is InChI=1S/C18H21F3O3/c1-10-7-12(24-9-18(19,20)21)8-11(2)14(10)15-13(22)5-6-17(3,4)16(15)23/h7-8,15H,5-6,9H2,1-4H3. The van der Waals surface area contributed by atoms with Gasteiger partial charge in [-0.25, -0.2) is 0 Å². The lowest BCUT2D eigenvalue weighted by Gasteiger charge is -2.34. The van der Waals surface area contributed by atoms with Crippen molar-refractivity contribution < 1.29 is 27.5 Å². The Labute approximate surface area is 139 Å². The van der Waals surface area contributed by atoms with Gasteiger partial charge >= 0.3 is 6.18 Å². The van der Waals surface area contributed by atoms with E-state index < -0.39 is 24.1 Å². The largest absolute Gasteiger partial charge is 0.484 e. The van der Waals surface area contributed by atoms with Gasteiger partial charge in [0.05, 0.1) is 0 Å². The van der Waals surface area contributed by atoms with E-state index in [0.29, 0.717) is 29.5 Å². The molecule has 132 valence electrons. The number of benzene rings is 1. The number of rotatable bonds is 3. The highest BCUT2D eigenvalue weighted by molar-refractivity contribution is 6.12. The fraction of sp³-hybridized carbons (Fsp3) is 0.556. The topological polar surface area (TPSA) is 43.4 Å². The molecule has 0 amide bonds. The predicted molar refractivity (Wildman–Crippen MR) is 83.2 cm³/mol. The van der Waals surface area contributed by atoms with Crippen LogP contribution in [0.3, 0.4) is 0 Å². The summed E-state index contributed by atoms with van der Waals surface area (Å²) in [7, 11) is 0. The Kier molecular flexibility index (Phi) is 4.79. The molecule has 1 saturated carbocycles. The van der Waals surface area contributed by atoms with Crippen LogP contribution in [0.15, 0.2) is 12.1 Å². The van der Waals surface area contributed by atoms with E-state index in [0.717, 1.165) is 0 Å². The molecule has 0 N–H and O–H groups in total. The number of carbonyl (C=O) groups excluding carboxylic acids is 2. The van der Waals surface area contributed by atoms with Crippen LogP contribution in [0.4, 0.5) is 13.2 Å². The highest BCUT2D eigenvalue weighted by Crippen LogP contribution is 2.41. The maximum absolute atomic E-state index is 12.7. The number of ketones is 2. The van der Waals surface area contributed by atoms with Gasteiger partial charge in [0.2, 0.25) is 0 Å². The lowest BCUT2D eigenvalue weighted by atomic mass is 9.67. The minimum absolute atomic E-state index is 0.0843. The molecule has 0 aliphatic heterocycles. The third-order valence-electron chi connectivity index (χ3n) is 4.51. The molecule has 0 aromatic heterocycles. The van der Waals surface area contributed by atoms with Crippen LogP contribution in [0.1, 0.15) is 49.3 Å². The molecule has 1 atom stereocenters. The molecule has 0 saturated heterocycles. The summed E-state index contributed by atoms with van der Waals surface area (Å²) in [5, 5.41) is 0. The predicted octanol–water partition coefficient (Wildman–Crippen LogP) is 4.29. The second-order valence-corrected chi connectivity index (χ2v) is 7.02. The number of carbonyl (C=O) groups is 2. The second-order valence-electron chi connectivity index (χ2n) is 7.02. The number of aryl methyl sites for hydroxylation is 2. The first-order valence-electron chi connectivity index (χ1n) is 7.80. The first-order valence-corrected chi connectivity index (χ1v) is 7.80. The number of hydrogen-bond donors (Lipinski definition) is 0. The zero-order valence-corrected chi connectivity index (χ0v) is 14.2. The van der Waals surface area contributed by atoms with Gasteiger partial charge in [0.1, 0.15) is 17.5 Å². The Balaban J connectivity index is 2.37. The van der Waals surface area contributed by atoms with Gasteiger partial charge in [0.15, 0.2) is 12.4 Å². The molecule has 6 heteroatoms. The van der Waals surface area contributed by atoms with Crippen molar-refractivity contribution in [2.75, 3.05) is 6.61 Å². The first kappa shape index (κ1) is 18.5. The quantitative estimate of drug-likeness (QED) is 0.770. The van der Waals surface area contributed by atoms with Crippen molar-refractivity contribution >= 4 is 11.6 Å². The van der Waals surface area contributed by atoms with Gasteiger partial charge in [-0.05, 0) is 49.1 Å². The van der Waals surface area contributed by atoms with Crippen LogP contribution in [0.5, 0.6) is 5.75 Å². The van der Waals surface area contributed by atoms with Crippen LogP contribution in [0.2, 0.25) is 0 Å². The molecular weight excluding hydrogens is 321 g/mol. The molecule has 0 bridgehead atoms. The lowest BCUT2D eigenvalue weighted by molar-refractivity contribution is -0.153. The molecule has 1 aromatic rings. The van der Waals surface area contributed by atoms with Crippen molar-refractivity contribution in [3.05, 3.63) is 28.8 Å². The third kappa shape index (κ3) is 3.79. The van der Waals surface area contributed by atoms with Crippen molar-refractivity contribution in [2.45, 2.75) is 52.6 Å². The lowest BCUT2D eigenvalue weighted by Crippen LogP contribution is -2.39. The summed E-state index contributed by atoms with van der Waals surface area (Å²) in [6.07, 6.45) is -3.57. The van der Waals surface area contributed by atoms with E-state index in [1.165, 1.54) is 12.1 Å². The van der Waals surface area contributed by atoms with Crippen LogP contribution in [0, 0.1) is 19.3 Å². The van der Waals surface area contributed by atoms with Crippen molar-refractivity contribution in [1.82, 2.24) is 0 Å². The van der Waals surface area contributed by atoms with Crippen LogP contribution < -0.4 is 4.74 Å². The van der Waals surface area contributed by atoms with E-state index >= 15 is 0 Å². The molecule has 24 heavy (non-hydrogen) atoms. The number of halogens is 3. The summed E-state index contributed by atoms with van der Waals surface area (Å²) in [6, 6.07) is 2.91. The SMILES string of the molecule is Cc1cc(OCC(F)(F)F)cc(C)c1C1C(=O)CCC(C)(C)C1=O. The fourth-order valence-corrected chi connectivity index (χ4v) is 3.17. The zero-order valence-electron chi connectivity index (χ0n) is 14.2. The third-order valence-corrected chi connectivity index (χ3v) is 4.51. The molecule has 0 radical (unpaired) electrons. The van der Waals surface area contributed by atoms with Crippen molar-refractivity contribution in [2.24, 2.45) is 5.41 Å². The molecule has 3 nitrogen and oxygen atoms in total. The number of ether oxygens (including phenoxy) is 1. The molecular formula is C18H21F3O3.